The molecule has 2 unspecified atom stereocenters. The minimum absolute atomic E-state index is 0.139. The second kappa shape index (κ2) is 7.87. The van der Waals surface area contributed by atoms with Gasteiger partial charge in [0.2, 0.25) is 5.91 Å². The maximum Gasteiger partial charge on any atom is 0.307 e. The monoisotopic (exact) mass is 285 g/mol. The summed E-state index contributed by atoms with van der Waals surface area (Å²) in [6.45, 7) is 2.31. The average molecular weight is 285 g/mol. The number of ether oxygens (including phenoxy) is 1. The van der Waals surface area contributed by atoms with Crippen LogP contribution in [0.2, 0.25) is 0 Å². The topological polar surface area (TPSA) is 83.9 Å². The Kier molecular flexibility index (Phi) is 6.48. The second-order valence-electron chi connectivity index (χ2n) is 5.15. The largest absolute Gasteiger partial charge is 0.481 e. The molecule has 0 aromatic heterocycles. The van der Waals surface area contributed by atoms with E-state index in [0.29, 0.717) is 19.4 Å². The van der Waals surface area contributed by atoms with Gasteiger partial charge in [0.05, 0.1) is 24.9 Å². The molecular formula is C14H23NO5. The number of nitrogens with zero attached hydrogens (tertiary/aromatic N) is 1. The van der Waals surface area contributed by atoms with E-state index in [-0.39, 0.29) is 24.8 Å². The van der Waals surface area contributed by atoms with Crippen LogP contribution in [-0.4, -0.2) is 48.1 Å². The molecule has 0 bridgehead atoms. The highest BCUT2D eigenvalue weighted by Gasteiger charge is 2.37. The first-order chi connectivity index (χ1) is 9.47. The van der Waals surface area contributed by atoms with Crippen molar-refractivity contribution in [2.75, 3.05) is 20.2 Å². The molecule has 6 heteroatoms. The molecule has 0 aliphatic heterocycles. The van der Waals surface area contributed by atoms with Crippen molar-refractivity contribution in [3.05, 3.63) is 0 Å². The van der Waals surface area contributed by atoms with E-state index >= 15 is 0 Å². The lowest BCUT2D eigenvalue weighted by Crippen LogP contribution is -2.41. The summed E-state index contributed by atoms with van der Waals surface area (Å²) in [6, 6.07) is 0. The fourth-order valence-corrected chi connectivity index (χ4v) is 2.61. The van der Waals surface area contributed by atoms with E-state index < -0.39 is 17.8 Å². The van der Waals surface area contributed by atoms with Crippen molar-refractivity contribution >= 4 is 17.8 Å². The number of aliphatic carboxylic acids is 1. The van der Waals surface area contributed by atoms with Gasteiger partial charge in [-0.3, -0.25) is 14.4 Å². The highest BCUT2D eigenvalue weighted by molar-refractivity contribution is 5.85. The Morgan fingerprint density at radius 3 is 2.35 bits per heavy atom. The summed E-state index contributed by atoms with van der Waals surface area (Å²) in [5, 5.41) is 9.18. The molecule has 0 spiro atoms. The molecule has 1 aliphatic rings. The summed E-state index contributed by atoms with van der Waals surface area (Å²) in [4.78, 5) is 36.2. The molecule has 1 aliphatic carbocycles. The molecule has 20 heavy (non-hydrogen) atoms. The van der Waals surface area contributed by atoms with Crippen LogP contribution in [0.3, 0.4) is 0 Å². The Morgan fingerprint density at radius 2 is 1.80 bits per heavy atom. The van der Waals surface area contributed by atoms with E-state index in [0.717, 1.165) is 12.8 Å². The van der Waals surface area contributed by atoms with Crippen molar-refractivity contribution in [3.63, 3.8) is 0 Å². The van der Waals surface area contributed by atoms with E-state index in [1.807, 2.05) is 0 Å². The normalized spacial score (nSPS) is 22.1. The van der Waals surface area contributed by atoms with E-state index in [2.05, 4.69) is 0 Å². The predicted octanol–water partition coefficient (Wildman–Crippen LogP) is 1.29. The first kappa shape index (κ1) is 16.5. The molecule has 2 atom stereocenters. The molecule has 0 aromatic rings. The van der Waals surface area contributed by atoms with Gasteiger partial charge in [-0.2, -0.15) is 0 Å². The number of hydrogen-bond donors (Lipinski definition) is 1. The third-order valence-corrected chi connectivity index (χ3v) is 3.73. The highest BCUT2D eigenvalue weighted by Crippen LogP contribution is 2.31. The van der Waals surface area contributed by atoms with E-state index in [9.17, 15) is 19.5 Å². The Bertz CT molecular complexity index is 369. The van der Waals surface area contributed by atoms with Crippen molar-refractivity contribution in [1.29, 1.82) is 0 Å². The van der Waals surface area contributed by atoms with Crippen LogP contribution >= 0.6 is 0 Å². The number of carbonyl (C=O) groups is 3. The highest BCUT2D eigenvalue weighted by atomic mass is 16.5. The number of carboxylic acids is 1. The van der Waals surface area contributed by atoms with Crippen molar-refractivity contribution in [3.8, 4) is 0 Å². The van der Waals surface area contributed by atoms with Gasteiger partial charge in [0, 0.05) is 13.6 Å². The lowest BCUT2D eigenvalue weighted by molar-refractivity contribution is -0.152. The van der Waals surface area contributed by atoms with E-state index in [1.54, 1.807) is 14.0 Å². The van der Waals surface area contributed by atoms with Gasteiger partial charge in [0.15, 0.2) is 0 Å². The van der Waals surface area contributed by atoms with Gasteiger partial charge >= 0.3 is 11.9 Å². The maximum atomic E-state index is 12.3. The Morgan fingerprint density at radius 1 is 1.20 bits per heavy atom. The van der Waals surface area contributed by atoms with Gasteiger partial charge < -0.3 is 14.7 Å². The summed E-state index contributed by atoms with van der Waals surface area (Å²) in [6.07, 6.45) is 3.04. The fourth-order valence-electron chi connectivity index (χ4n) is 2.61. The number of esters is 1. The molecule has 1 N–H and O–H groups in total. The van der Waals surface area contributed by atoms with Crippen LogP contribution in [0.5, 0.6) is 0 Å². The van der Waals surface area contributed by atoms with Crippen molar-refractivity contribution < 1.29 is 24.2 Å². The van der Waals surface area contributed by atoms with Gasteiger partial charge in [0.25, 0.3) is 0 Å². The van der Waals surface area contributed by atoms with Crippen molar-refractivity contribution in [2.45, 2.75) is 39.0 Å². The van der Waals surface area contributed by atoms with Gasteiger partial charge in [-0.25, -0.2) is 0 Å². The summed E-state index contributed by atoms with van der Waals surface area (Å²) in [5.41, 5.74) is 0. The van der Waals surface area contributed by atoms with Crippen molar-refractivity contribution in [2.24, 2.45) is 11.8 Å². The minimum atomic E-state index is -0.901. The van der Waals surface area contributed by atoms with Gasteiger partial charge in [0.1, 0.15) is 0 Å². The maximum absolute atomic E-state index is 12.3. The third kappa shape index (κ3) is 4.51. The summed E-state index contributed by atoms with van der Waals surface area (Å²) < 4.78 is 4.81. The Balaban J connectivity index is 2.53. The molecule has 1 fully saturated rings. The zero-order valence-corrected chi connectivity index (χ0v) is 12.1. The predicted molar refractivity (Wildman–Crippen MR) is 72.0 cm³/mol. The van der Waals surface area contributed by atoms with E-state index in [4.69, 9.17) is 4.74 Å². The fraction of sp³-hybridized carbons (Fsp3) is 0.786. The molecule has 0 aromatic carbocycles. The van der Waals surface area contributed by atoms with Crippen LogP contribution < -0.4 is 0 Å². The number of rotatable bonds is 6. The average Bonchev–Trinajstić information content (AvgIpc) is 2.44. The molecule has 114 valence electrons. The molecule has 0 radical (unpaired) electrons. The lowest BCUT2D eigenvalue weighted by Gasteiger charge is -2.30. The first-order valence-electron chi connectivity index (χ1n) is 7.10. The molecular weight excluding hydrogens is 262 g/mol. The summed E-state index contributed by atoms with van der Waals surface area (Å²) in [5.74, 6) is -2.48. The second-order valence-corrected chi connectivity index (χ2v) is 5.15. The summed E-state index contributed by atoms with van der Waals surface area (Å²) in [7, 11) is 1.61. The quantitative estimate of drug-likeness (QED) is 0.743. The van der Waals surface area contributed by atoms with Gasteiger partial charge in [-0.05, 0) is 19.8 Å². The Hall–Kier alpha value is -1.59. The summed E-state index contributed by atoms with van der Waals surface area (Å²) >= 11 is 0. The molecule has 1 rings (SSSR count). The van der Waals surface area contributed by atoms with E-state index in [1.165, 1.54) is 4.90 Å². The van der Waals surface area contributed by atoms with Crippen LogP contribution in [0.4, 0.5) is 0 Å². The van der Waals surface area contributed by atoms with Gasteiger partial charge in [-0.1, -0.05) is 12.8 Å². The minimum Gasteiger partial charge on any atom is -0.481 e. The van der Waals surface area contributed by atoms with Gasteiger partial charge in [-0.15, -0.1) is 0 Å². The molecule has 0 saturated heterocycles. The number of amides is 1. The van der Waals surface area contributed by atoms with Crippen molar-refractivity contribution in [1.82, 2.24) is 4.90 Å². The number of carboxylic acid groups (broad SMARTS) is 1. The van der Waals surface area contributed by atoms with Crippen LogP contribution in [-0.2, 0) is 19.1 Å². The molecule has 6 nitrogen and oxygen atoms in total. The van der Waals surface area contributed by atoms with Crippen LogP contribution in [0.25, 0.3) is 0 Å². The lowest BCUT2D eigenvalue weighted by atomic mass is 9.78. The SMILES string of the molecule is CCOC(=O)CCN(C)C(=O)C1CCCCC1C(=O)O. The zero-order chi connectivity index (χ0) is 15.1. The van der Waals surface area contributed by atoms with Crippen LogP contribution in [0.1, 0.15) is 39.0 Å². The zero-order valence-electron chi connectivity index (χ0n) is 12.1. The third-order valence-electron chi connectivity index (χ3n) is 3.73. The van der Waals surface area contributed by atoms with Crippen LogP contribution in [0, 0.1) is 11.8 Å². The van der Waals surface area contributed by atoms with Crippen LogP contribution in [0.15, 0.2) is 0 Å². The standard InChI is InChI=1S/C14H23NO5/c1-3-20-12(16)8-9-15(2)13(17)10-6-4-5-7-11(10)14(18)19/h10-11H,3-9H2,1-2H3,(H,18,19). The first-order valence-corrected chi connectivity index (χ1v) is 7.10. The molecule has 1 amide bonds. The molecule has 1 saturated carbocycles. The Labute approximate surface area is 119 Å². The number of hydrogen-bond acceptors (Lipinski definition) is 4. The smallest absolute Gasteiger partial charge is 0.307 e. The number of carbonyl (C=O) groups excluding carboxylic acids is 2. The molecule has 0 heterocycles.